The maximum Gasteiger partial charge on any atom is 0.267 e. The van der Waals surface area contributed by atoms with Crippen molar-refractivity contribution >= 4 is 17.4 Å². The number of aryl methyl sites for hydroxylation is 3. The highest BCUT2D eigenvalue weighted by Crippen LogP contribution is 2.26. The average Bonchev–Trinajstić information content (AvgIpc) is 3.22. The number of aromatic nitrogens is 3. The first-order chi connectivity index (χ1) is 11.7. The van der Waals surface area contributed by atoms with Gasteiger partial charge < -0.3 is 4.90 Å². The Labute approximate surface area is 147 Å². The number of hydrogen-bond donors (Lipinski definition) is 0. The van der Waals surface area contributed by atoms with Crippen LogP contribution in [0.3, 0.4) is 0 Å². The van der Waals surface area contributed by atoms with Crippen LogP contribution in [0, 0.1) is 6.92 Å². The fourth-order valence-electron chi connectivity index (χ4n) is 3.40. The molecular formula is C18H24N4OS. The molecule has 128 valence electrons. The van der Waals surface area contributed by atoms with Gasteiger partial charge in [-0.25, -0.2) is 0 Å². The average molecular weight is 344 g/mol. The van der Waals surface area contributed by atoms with Gasteiger partial charge in [-0.05, 0) is 68.3 Å². The van der Waals surface area contributed by atoms with Crippen molar-refractivity contribution in [2.75, 3.05) is 6.54 Å². The van der Waals surface area contributed by atoms with Crippen LogP contribution in [0.5, 0.6) is 0 Å². The predicted octanol–water partition coefficient (Wildman–Crippen LogP) is 3.43. The van der Waals surface area contributed by atoms with E-state index in [-0.39, 0.29) is 5.91 Å². The molecule has 2 aromatic heterocycles. The van der Waals surface area contributed by atoms with E-state index in [0.29, 0.717) is 6.04 Å². The Balaban J connectivity index is 1.66. The molecule has 3 rings (SSSR count). The molecule has 0 aromatic carbocycles. The smallest absolute Gasteiger partial charge is 0.267 e. The van der Waals surface area contributed by atoms with Crippen molar-refractivity contribution < 1.29 is 4.79 Å². The Morgan fingerprint density at radius 3 is 3.08 bits per heavy atom. The van der Waals surface area contributed by atoms with E-state index in [0.717, 1.165) is 61.3 Å². The number of pyridine rings is 1. The maximum atomic E-state index is 12.9. The third kappa shape index (κ3) is 3.80. The molecule has 0 N–H and O–H groups in total. The van der Waals surface area contributed by atoms with Gasteiger partial charge in [0, 0.05) is 24.5 Å². The lowest BCUT2D eigenvalue weighted by molar-refractivity contribution is 0.0734. The Morgan fingerprint density at radius 1 is 1.42 bits per heavy atom. The number of likely N-dealkylation sites (tertiary alicyclic amines) is 1. The molecule has 1 aliphatic rings. The second kappa shape index (κ2) is 7.83. The topological polar surface area (TPSA) is 59.0 Å². The van der Waals surface area contributed by atoms with Crippen LogP contribution in [0.15, 0.2) is 18.3 Å². The van der Waals surface area contributed by atoms with Gasteiger partial charge in [-0.3, -0.25) is 9.78 Å². The molecule has 3 heterocycles. The van der Waals surface area contributed by atoms with E-state index in [2.05, 4.69) is 33.6 Å². The predicted molar refractivity (Wildman–Crippen MR) is 95.3 cm³/mol. The van der Waals surface area contributed by atoms with Crippen molar-refractivity contribution in [3.8, 4) is 0 Å². The van der Waals surface area contributed by atoms with Gasteiger partial charge in [0.25, 0.3) is 5.91 Å². The Bertz CT molecular complexity index is 700. The van der Waals surface area contributed by atoms with Crippen LogP contribution in [-0.4, -0.2) is 38.0 Å². The molecule has 0 unspecified atom stereocenters. The fourth-order valence-corrected chi connectivity index (χ4v) is 4.06. The highest BCUT2D eigenvalue weighted by Gasteiger charge is 2.31. The van der Waals surface area contributed by atoms with Gasteiger partial charge >= 0.3 is 0 Å². The van der Waals surface area contributed by atoms with E-state index < -0.39 is 0 Å². The SMILES string of the molecule is CCCc1nnsc1C(=O)N1CCC[C@H]1CCc1ccnc(C)c1. The highest BCUT2D eigenvalue weighted by molar-refractivity contribution is 7.08. The second-order valence-corrected chi connectivity index (χ2v) is 7.19. The van der Waals surface area contributed by atoms with E-state index in [1.165, 1.54) is 17.1 Å². The molecule has 1 saturated heterocycles. The zero-order valence-electron chi connectivity index (χ0n) is 14.4. The molecule has 1 amide bonds. The third-order valence-electron chi connectivity index (χ3n) is 4.60. The lowest BCUT2D eigenvalue weighted by atomic mass is 10.0. The third-order valence-corrected chi connectivity index (χ3v) is 5.36. The molecule has 2 aromatic rings. The van der Waals surface area contributed by atoms with E-state index in [1.54, 1.807) is 0 Å². The van der Waals surface area contributed by atoms with Gasteiger partial charge in [0.05, 0.1) is 5.69 Å². The summed E-state index contributed by atoms with van der Waals surface area (Å²) in [5.74, 6) is 0.127. The van der Waals surface area contributed by atoms with Crippen molar-refractivity contribution in [1.82, 2.24) is 19.5 Å². The second-order valence-electron chi connectivity index (χ2n) is 6.44. The molecule has 6 heteroatoms. The Morgan fingerprint density at radius 2 is 2.29 bits per heavy atom. The maximum absolute atomic E-state index is 12.9. The number of carbonyl (C=O) groups excluding carboxylic acids is 1. The Kier molecular flexibility index (Phi) is 5.56. The lowest BCUT2D eigenvalue weighted by Crippen LogP contribution is -2.35. The fraction of sp³-hybridized carbons (Fsp3) is 0.556. The minimum absolute atomic E-state index is 0.127. The summed E-state index contributed by atoms with van der Waals surface area (Å²) in [5, 5.41) is 4.14. The van der Waals surface area contributed by atoms with Crippen LogP contribution in [0.25, 0.3) is 0 Å². The summed E-state index contributed by atoms with van der Waals surface area (Å²) < 4.78 is 4.00. The van der Waals surface area contributed by atoms with Gasteiger partial charge in [0.1, 0.15) is 4.88 Å². The molecule has 24 heavy (non-hydrogen) atoms. The first kappa shape index (κ1) is 17.0. The van der Waals surface area contributed by atoms with Crippen LogP contribution < -0.4 is 0 Å². The van der Waals surface area contributed by atoms with Crippen LogP contribution in [-0.2, 0) is 12.8 Å². The molecule has 0 bridgehead atoms. The van der Waals surface area contributed by atoms with Crippen molar-refractivity contribution in [3.63, 3.8) is 0 Å². The van der Waals surface area contributed by atoms with Crippen LogP contribution in [0.4, 0.5) is 0 Å². The van der Waals surface area contributed by atoms with E-state index in [9.17, 15) is 4.79 Å². The van der Waals surface area contributed by atoms with Crippen molar-refractivity contribution in [1.29, 1.82) is 0 Å². The summed E-state index contributed by atoms with van der Waals surface area (Å²) >= 11 is 1.24. The largest absolute Gasteiger partial charge is 0.335 e. The molecule has 0 spiro atoms. The number of rotatable bonds is 6. The Hall–Kier alpha value is -1.82. The highest BCUT2D eigenvalue weighted by atomic mass is 32.1. The molecule has 1 aliphatic heterocycles. The van der Waals surface area contributed by atoms with E-state index in [4.69, 9.17) is 0 Å². The van der Waals surface area contributed by atoms with Crippen LogP contribution in [0.2, 0.25) is 0 Å². The summed E-state index contributed by atoms with van der Waals surface area (Å²) in [7, 11) is 0. The molecule has 0 radical (unpaired) electrons. The summed E-state index contributed by atoms with van der Waals surface area (Å²) in [5.41, 5.74) is 3.21. The quantitative estimate of drug-likeness (QED) is 0.805. The van der Waals surface area contributed by atoms with E-state index >= 15 is 0 Å². The van der Waals surface area contributed by atoms with Crippen molar-refractivity contribution in [2.24, 2.45) is 0 Å². The molecule has 1 atom stereocenters. The molecule has 0 saturated carbocycles. The number of nitrogens with zero attached hydrogens (tertiary/aromatic N) is 4. The molecule has 5 nitrogen and oxygen atoms in total. The summed E-state index contributed by atoms with van der Waals surface area (Å²) in [6.45, 7) is 4.96. The zero-order chi connectivity index (χ0) is 16.9. The van der Waals surface area contributed by atoms with Gasteiger partial charge in [0.2, 0.25) is 0 Å². The van der Waals surface area contributed by atoms with Gasteiger partial charge in [0.15, 0.2) is 0 Å². The minimum Gasteiger partial charge on any atom is -0.335 e. The van der Waals surface area contributed by atoms with Crippen molar-refractivity contribution in [3.05, 3.63) is 40.2 Å². The summed E-state index contributed by atoms with van der Waals surface area (Å²) in [4.78, 5) is 20.0. The number of carbonyl (C=O) groups is 1. The molecule has 0 aliphatic carbocycles. The first-order valence-corrected chi connectivity index (χ1v) is 9.50. The molecular weight excluding hydrogens is 320 g/mol. The zero-order valence-corrected chi connectivity index (χ0v) is 15.2. The van der Waals surface area contributed by atoms with Gasteiger partial charge in [-0.2, -0.15) is 0 Å². The normalized spacial score (nSPS) is 17.4. The minimum atomic E-state index is 0.127. The molecule has 1 fully saturated rings. The monoisotopic (exact) mass is 344 g/mol. The summed E-state index contributed by atoms with van der Waals surface area (Å²) in [6, 6.07) is 4.52. The van der Waals surface area contributed by atoms with Crippen LogP contribution >= 0.6 is 11.5 Å². The van der Waals surface area contributed by atoms with Crippen LogP contribution in [0.1, 0.15) is 59.2 Å². The van der Waals surface area contributed by atoms with E-state index in [1.807, 2.05) is 18.0 Å². The lowest BCUT2D eigenvalue weighted by Gasteiger charge is -2.24. The number of amides is 1. The van der Waals surface area contributed by atoms with Gasteiger partial charge in [-0.1, -0.05) is 17.8 Å². The standard InChI is InChI=1S/C18H24N4OS/c1-3-5-16-17(24-21-20-16)18(23)22-11-4-6-15(22)8-7-14-9-10-19-13(2)12-14/h9-10,12,15H,3-8,11H2,1-2H3/t15-/m0/s1. The first-order valence-electron chi connectivity index (χ1n) is 8.72. The van der Waals surface area contributed by atoms with Gasteiger partial charge in [-0.15, -0.1) is 5.10 Å². The number of hydrogen-bond acceptors (Lipinski definition) is 5. The summed E-state index contributed by atoms with van der Waals surface area (Å²) in [6.07, 6.45) is 7.84. The van der Waals surface area contributed by atoms with Crippen molar-refractivity contribution in [2.45, 2.75) is 58.4 Å².